The van der Waals surface area contributed by atoms with Crippen LogP contribution in [-0.2, 0) is 6.42 Å². The van der Waals surface area contributed by atoms with E-state index in [1.165, 1.54) is 11.6 Å². The lowest BCUT2D eigenvalue weighted by Crippen LogP contribution is -2.31. The van der Waals surface area contributed by atoms with Gasteiger partial charge in [-0.3, -0.25) is 4.79 Å². The number of amides is 1. The molecular weight excluding hydrogens is 401 g/mol. The molecule has 0 bridgehead atoms. The number of carbonyl (C=O) groups excluding carboxylic acids is 1. The van der Waals surface area contributed by atoms with Gasteiger partial charge in [0.15, 0.2) is 0 Å². The first-order chi connectivity index (χ1) is 10.1. The number of alkyl halides is 1. The van der Waals surface area contributed by atoms with Gasteiger partial charge in [0.1, 0.15) is 5.82 Å². The number of hydrogen-bond acceptors (Lipinski definition) is 1. The molecule has 1 N–H and O–H groups in total. The Labute approximate surface area is 139 Å². The van der Waals surface area contributed by atoms with E-state index >= 15 is 0 Å². The van der Waals surface area contributed by atoms with E-state index in [1.807, 2.05) is 18.2 Å². The zero-order chi connectivity index (χ0) is 15.0. The molecule has 5 heteroatoms. The third-order valence-corrected chi connectivity index (χ3v) is 5.13. The molecule has 1 aliphatic rings. The summed E-state index contributed by atoms with van der Waals surface area (Å²) in [6.45, 7) is 0. The minimum absolute atomic E-state index is 0.0968. The molecule has 0 spiro atoms. The predicted octanol–water partition coefficient (Wildman–Crippen LogP) is 4.38. The van der Waals surface area contributed by atoms with Gasteiger partial charge in [-0.2, -0.15) is 0 Å². The first-order valence-corrected chi connectivity index (χ1v) is 8.25. The molecule has 3 rings (SSSR count). The van der Waals surface area contributed by atoms with Crippen molar-refractivity contribution in [3.05, 3.63) is 69.4 Å². The van der Waals surface area contributed by atoms with E-state index in [0.29, 0.717) is 10.0 Å². The molecule has 108 valence electrons. The van der Waals surface area contributed by atoms with E-state index in [4.69, 9.17) is 0 Å². The van der Waals surface area contributed by atoms with E-state index in [1.54, 1.807) is 12.1 Å². The summed E-state index contributed by atoms with van der Waals surface area (Å²) in [6.07, 6.45) is 0.871. The van der Waals surface area contributed by atoms with Crippen molar-refractivity contribution in [1.82, 2.24) is 5.32 Å². The van der Waals surface area contributed by atoms with Gasteiger partial charge in [0.2, 0.25) is 0 Å². The number of halogens is 3. The van der Waals surface area contributed by atoms with Crippen molar-refractivity contribution in [3.8, 4) is 0 Å². The summed E-state index contributed by atoms with van der Waals surface area (Å²) in [5, 5.41) is 2.98. The van der Waals surface area contributed by atoms with Crippen molar-refractivity contribution < 1.29 is 9.18 Å². The van der Waals surface area contributed by atoms with E-state index in [0.717, 1.165) is 12.0 Å². The van der Waals surface area contributed by atoms with Crippen molar-refractivity contribution in [1.29, 1.82) is 0 Å². The lowest BCUT2D eigenvalue weighted by molar-refractivity contribution is 0.0937. The number of hydrogen-bond donors (Lipinski definition) is 1. The van der Waals surface area contributed by atoms with E-state index in [2.05, 4.69) is 43.2 Å². The molecule has 0 saturated carbocycles. The molecular formula is C16H12Br2FNO. The van der Waals surface area contributed by atoms with E-state index < -0.39 is 5.82 Å². The summed E-state index contributed by atoms with van der Waals surface area (Å²) < 4.78 is 13.9. The molecule has 0 fully saturated rings. The molecule has 0 saturated heterocycles. The SMILES string of the molecule is O=C(NC1c2ccccc2CC1Br)c1ccc(Br)c(F)c1. The Morgan fingerprint density at radius 2 is 2.00 bits per heavy atom. The molecule has 1 aliphatic carbocycles. The van der Waals surface area contributed by atoms with Crippen LogP contribution >= 0.6 is 31.9 Å². The minimum Gasteiger partial charge on any atom is -0.344 e. The summed E-state index contributed by atoms with van der Waals surface area (Å²) >= 11 is 6.70. The van der Waals surface area contributed by atoms with Crippen LogP contribution in [0.15, 0.2) is 46.9 Å². The van der Waals surface area contributed by atoms with Crippen LogP contribution < -0.4 is 5.32 Å². The van der Waals surface area contributed by atoms with Crippen LogP contribution in [0.2, 0.25) is 0 Å². The maximum absolute atomic E-state index is 13.5. The fourth-order valence-electron chi connectivity index (χ4n) is 2.58. The highest BCUT2D eigenvalue weighted by Crippen LogP contribution is 2.35. The topological polar surface area (TPSA) is 29.1 Å². The van der Waals surface area contributed by atoms with Gasteiger partial charge in [0, 0.05) is 10.4 Å². The van der Waals surface area contributed by atoms with Crippen LogP contribution in [0.1, 0.15) is 27.5 Å². The number of fused-ring (bicyclic) bond motifs is 1. The second-order valence-electron chi connectivity index (χ2n) is 5.00. The lowest BCUT2D eigenvalue weighted by Gasteiger charge is -2.18. The quantitative estimate of drug-likeness (QED) is 0.728. The average molecular weight is 413 g/mol. The third-order valence-electron chi connectivity index (χ3n) is 3.64. The Balaban J connectivity index is 1.83. The lowest BCUT2D eigenvalue weighted by atomic mass is 10.1. The first-order valence-electron chi connectivity index (χ1n) is 6.54. The molecule has 2 nitrogen and oxygen atoms in total. The molecule has 0 heterocycles. The molecule has 0 aliphatic heterocycles. The van der Waals surface area contributed by atoms with Gasteiger partial charge in [-0.1, -0.05) is 40.2 Å². The molecule has 21 heavy (non-hydrogen) atoms. The van der Waals surface area contributed by atoms with Crippen LogP contribution in [0.3, 0.4) is 0 Å². The van der Waals surface area contributed by atoms with Gasteiger partial charge in [0.05, 0.1) is 10.5 Å². The average Bonchev–Trinajstić information content (AvgIpc) is 2.78. The van der Waals surface area contributed by atoms with Crippen molar-refractivity contribution in [2.45, 2.75) is 17.3 Å². The second-order valence-corrected chi connectivity index (χ2v) is 7.03. The Morgan fingerprint density at radius 3 is 2.76 bits per heavy atom. The molecule has 2 aromatic rings. The zero-order valence-electron chi connectivity index (χ0n) is 10.9. The van der Waals surface area contributed by atoms with Gasteiger partial charge in [0.25, 0.3) is 5.91 Å². The van der Waals surface area contributed by atoms with Crippen LogP contribution in [0.4, 0.5) is 4.39 Å². The summed E-state index contributed by atoms with van der Waals surface area (Å²) in [5.41, 5.74) is 2.66. The summed E-state index contributed by atoms with van der Waals surface area (Å²) in [5.74, 6) is -0.711. The molecule has 2 aromatic carbocycles. The molecule has 0 radical (unpaired) electrons. The Hall–Kier alpha value is -1.20. The van der Waals surface area contributed by atoms with Crippen LogP contribution in [-0.4, -0.2) is 10.7 Å². The number of nitrogens with one attached hydrogen (secondary N) is 1. The summed E-state index contributed by atoms with van der Waals surface area (Å²) in [4.78, 5) is 12.5. The maximum atomic E-state index is 13.5. The highest BCUT2D eigenvalue weighted by atomic mass is 79.9. The minimum atomic E-state index is -0.440. The van der Waals surface area contributed by atoms with Crippen molar-refractivity contribution in [3.63, 3.8) is 0 Å². The van der Waals surface area contributed by atoms with Gasteiger partial charge in [-0.25, -0.2) is 4.39 Å². The Kier molecular flexibility index (Phi) is 4.13. The van der Waals surface area contributed by atoms with E-state index in [-0.39, 0.29) is 16.8 Å². The standard InChI is InChI=1S/C16H12Br2FNO/c17-12-6-5-10(8-14(12)19)16(21)20-15-11-4-2-1-3-9(11)7-13(15)18/h1-6,8,13,15H,7H2,(H,20,21). The molecule has 0 aromatic heterocycles. The van der Waals surface area contributed by atoms with E-state index in [9.17, 15) is 9.18 Å². The smallest absolute Gasteiger partial charge is 0.251 e. The first kappa shape index (κ1) is 14.7. The van der Waals surface area contributed by atoms with Gasteiger partial charge in [-0.05, 0) is 51.7 Å². The third kappa shape index (κ3) is 2.90. The van der Waals surface area contributed by atoms with Crippen LogP contribution in [0.5, 0.6) is 0 Å². The fraction of sp³-hybridized carbons (Fsp3) is 0.188. The predicted molar refractivity (Wildman–Crippen MR) is 87.2 cm³/mol. The summed E-state index contributed by atoms with van der Waals surface area (Å²) in [6, 6.07) is 12.3. The van der Waals surface area contributed by atoms with Crippen LogP contribution in [0.25, 0.3) is 0 Å². The molecule has 2 atom stereocenters. The number of rotatable bonds is 2. The maximum Gasteiger partial charge on any atom is 0.251 e. The zero-order valence-corrected chi connectivity index (χ0v) is 14.1. The molecule has 2 unspecified atom stereocenters. The highest BCUT2D eigenvalue weighted by molar-refractivity contribution is 9.10. The second kappa shape index (κ2) is 5.89. The fourth-order valence-corrected chi connectivity index (χ4v) is 3.59. The van der Waals surface area contributed by atoms with Crippen molar-refractivity contribution in [2.24, 2.45) is 0 Å². The highest BCUT2D eigenvalue weighted by Gasteiger charge is 2.31. The van der Waals surface area contributed by atoms with Crippen molar-refractivity contribution in [2.75, 3.05) is 0 Å². The van der Waals surface area contributed by atoms with Crippen LogP contribution in [0, 0.1) is 5.82 Å². The largest absolute Gasteiger partial charge is 0.344 e. The normalized spacial score (nSPS) is 20.1. The molecule has 1 amide bonds. The number of benzene rings is 2. The Bertz CT molecular complexity index is 704. The summed E-state index contributed by atoms with van der Waals surface area (Å²) in [7, 11) is 0. The van der Waals surface area contributed by atoms with Gasteiger partial charge in [-0.15, -0.1) is 0 Å². The number of carbonyl (C=O) groups is 1. The monoisotopic (exact) mass is 411 g/mol. The van der Waals surface area contributed by atoms with Crippen molar-refractivity contribution >= 4 is 37.8 Å². The van der Waals surface area contributed by atoms with Gasteiger partial charge >= 0.3 is 0 Å². The Morgan fingerprint density at radius 1 is 1.24 bits per heavy atom. The van der Waals surface area contributed by atoms with Gasteiger partial charge < -0.3 is 5.32 Å².